The second kappa shape index (κ2) is 3.82. The van der Waals surface area contributed by atoms with E-state index in [1.807, 2.05) is 0 Å². The third-order valence-electron chi connectivity index (χ3n) is 1.68. The zero-order chi connectivity index (χ0) is 11.7. The molecule has 7 heteroatoms. The van der Waals surface area contributed by atoms with Gasteiger partial charge in [0.25, 0.3) is 0 Å². The van der Waals surface area contributed by atoms with E-state index in [0.717, 1.165) is 12.1 Å². The molecule has 1 aromatic rings. The van der Waals surface area contributed by atoms with Gasteiger partial charge in [0.15, 0.2) is 0 Å². The van der Waals surface area contributed by atoms with Crippen molar-refractivity contribution in [1.82, 2.24) is 4.72 Å². The molecule has 0 spiro atoms. The molecule has 0 aliphatic carbocycles. The molecule has 0 saturated heterocycles. The van der Waals surface area contributed by atoms with Gasteiger partial charge in [-0.05, 0) is 24.3 Å². The van der Waals surface area contributed by atoms with Crippen molar-refractivity contribution >= 4 is 10.0 Å². The second-order valence-corrected chi connectivity index (χ2v) is 4.44. The summed E-state index contributed by atoms with van der Waals surface area (Å²) in [5.41, 5.74) is -0.898. The van der Waals surface area contributed by atoms with E-state index in [1.165, 1.54) is 0 Å². The van der Waals surface area contributed by atoms with Crippen molar-refractivity contribution < 1.29 is 21.6 Å². The Morgan fingerprint density at radius 1 is 1.13 bits per heavy atom. The first-order valence-electron chi connectivity index (χ1n) is 3.73. The molecule has 0 aliphatic rings. The topological polar surface area (TPSA) is 46.2 Å². The molecule has 15 heavy (non-hydrogen) atoms. The number of hydrogen-bond donors (Lipinski definition) is 1. The van der Waals surface area contributed by atoms with Gasteiger partial charge in [-0.15, -0.1) is 0 Å². The van der Waals surface area contributed by atoms with Gasteiger partial charge in [-0.25, -0.2) is 13.1 Å². The number of alkyl halides is 3. The summed E-state index contributed by atoms with van der Waals surface area (Å²) in [6.07, 6.45) is -4.47. The van der Waals surface area contributed by atoms with Crippen LogP contribution < -0.4 is 4.72 Å². The first-order chi connectivity index (χ1) is 6.77. The molecule has 3 nitrogen and oxygen atoms in total. The minimum absolute atomic E-state index is 0.259. The maximum atomic E-state index is 12.1. The number of hydrogen-bond acceptors (Lipinski definition) is 2. The highest BCUT2D eigenvalue weighted by molar-refractivity contribution is 7.89. The molecular weight excluding hydrogens is 231 g/mol. The molecule has 0 saturated carbocycles. The molecule has 1 radical (unpaired) electrons. The van der Waals surface area contributed by atoms with Crippen LogP contribution in [-0.2, 0) is 16.2 Å². The Balaban J connectivity index is 3.12. The van der Waals surface area contributed by atoms with Crippen LogP contribution in [0, 0.1) is 7.05 Å². The lowest BCUT2D eigenvalue weighted by Gasteiger charge is -2.07. The van der Waals surface area contributed by atoms with Gasteiger partial charge in [0.2, 0.25) is 10.0 Å². The summed E-state index contributed by atoms with van der Waals surface area (Å²) in [5.74, 6) is 0. The Labute approximate surface area is 85.0 Å². The Bertz CT molecular complexity index is 436. The predicted octanol–water partition coefficient (Wildman–Crippen LogP) is 1.78. The van der Waals surface area contributed by atoms with Crippen molar-refractivity contribution in [2.24, 2.45) is 0 Å². The molecule has 0 unspecified atom stereocenters. The van der Waals surface area contributed by atoms with Crippen molar-refractivity contribution in [3.63, 3.8) is 0 Å². The normalized spacial score (nSPS) is 12.8. The Kier molecular flexibility index (Phi) is 3.05. The van der Waals surface area contributed by atoms with Gasteiger partial charge in [0.1, 0.15) is 0 Å². The lowest BCUT2D eigenvalue weighted by Crippen LogP contribution is -2.16. The van der Waals surface area contributed by atoms with E-state index < -0.39 is 21.8 Å². The smallest absolute Gasteiger partial charge is 0.210 e. The van der Waals surface area contributed by atoms with E-state index in [9.17, 15) is 21.6 Å². The summed E-state index contributed by atoms with van der Waals surface area (Å²) in [4.78, 5) is -0.259. The van der Waals surface area contributed by atoms with Crippen molar-refractivity contribution in [3.05, 3.63) is 36.9 Å². The third-order valence-corrected chi connectivity index (χ3v) is 2.95. The van der Waals surface area contributed by atoms with Crippen LogP contribution >= 0.6 is 0 Å². The first kappa shape index (κ1) is 12.0. The summed E-state index contributed by atoms with van der Waals surface area (Å²) >= 11 is 0. The molecule has 0 amide bonds. The maximum Gasteiger partial charge on any atom is 0.416 e. The van der Waals surface area contributed by atoms with Crippen LogP contribution in [0.3, 0.4) is 0 Å². The van der Waals surface area contributed by atoms with Crippen LogP contribution in [0.15, 0.2) is 29.2 Å². The van der Waals surface area contributed by atoms with Crippen LogP contribution in [0.1, 0.15) is 5.56 Å². The highest BCUT2D eigenvalue weighted by atomic mass is 32.2. The molecule has 0 aromatic heterocycles. The van der Waals surface area contributed by atoms with Crippen LogP contribution in [0.4, 0.5) is 13.2 Å². The molecular formula is C8H7F3NO2S. The number of benzene rings is 1. The molecule has 0 fully saturated rings. The molecule has 0 atom stereocenters. The van der Waals surface area contributed by atoms with Gasteiger partial charge in [0, 0.05) is 7.05 Å². The zero-order valence-corrected chi connectivity index (χ0v) is 8.19. The third kappa shape index (κ3) is 2.69. The average molecular weight is 238 g/mol. The Morgan fingerprint density at radius 2 is 1.60 bits per heavy atom. The second-order valence-electron chi connectivity index (χ2n) is 2.67. The summed E-state index contributed by atoms with van der Waals surface area (Å²) in [5, 5.41) is 0. The largest absolute Gasteiger partial charge is 0.416 e. The average Bonchev–Trinajstić information content (AvgIpc) is 2.17. The van der Waals surface area contributed by atoms with E-state index in [1.54, 1.807) is 4.72 Å². The van der Waals surface area contributed by atoms with Gasteiger partial charge < -0.3 is 0 Å². The summed E-state index contributed by atoms with van der Waals surface area (Å²) in [6.45, 7) is 0. The van der Waals surface area contributed by atoms with Crippen LogP contribution in [0.25, 0.3) is 0 Å². The number of rotatable bonds is 2. The minimum atomic E-state index is -4.47. The standard InChI is InChI=1S/C8H7F3NO2S/c1-12-15(13,14)7-4-2-6(3-5-7)8(9,10)11/h2-5,12H,1H2. The Hall–Kier alpha value is -1.08. The number of halogens is 3. The molecule has 0 heterocycles. The van der Waals surface area contributed by atoms with Crippen LogP contribution in [0.2, 0.25) is 0 Å². The fraction of sp³-hybridized carbons (Fsp3) is 0.125. The summed E-state index contributed by atoms with van der Waals surface area (Å²) < 4.78 is 60.3. The minimum Gasteiger partial charge on any atom is -0.210 e. The lowest BCUT2D eigenvalue weighted by atomic mass is 10.2. The summed E-state index contributed by atoms with van der Waals surface area (Å²) in [6, 6.07) is 3.14. The van der Waals surface area contributed by atoms with Crippen molar-refractivity contribution in [2.45, 2.75) is 11.1 Å². The van der Waals surface area contributed by atoms with E-state index in [0.29, 0.717) is 12.1 Å². The fourth-order valence-electron chi connectivity index (χ4n) is 0.906. The number of nitrogens with one attached hydrogen (secondary N) is 1. The maximum absolute atomic E-state index is 12.1. The molecule has 0 bridgehead atoms. The molecule has 83 valence electrons. The highest BCUT2D eigenvalue weighted by Gasteiger charge is 2.30. The molecule has 0 aliphatic heterocycles. The van der Waals surface area contributed by atoms with E-state index in [4.69, 9.17) is 0 Å². The fourth-order valence-corrected chi connectivity index (χ4v) is 1.57. The van der Waals surface area contributed by atoms with Gasteiger partial charge in [-0.1, -0.05) is 0 Å². The molecule has 1 rings (SSSR count). The van der Waals surface area contributed by atoms with Gasteiger partial charge >= 0.3 is 6.18 Å². The molecule has 1 N–H and O–H groups in total. The van der Waals surface area contributed by atoms with Gasteiger partial charge in [-0.2, -0.15) is 13.2 Å². The van der Waals surface area contributed by atoms with E-state index in [-0.39, 0.29) is 4.90 Å². The van der Waals surface area contributed by atoms with Crippen molar-refractivity contribution in [1.29, 1.82) is 0 Å². The molecule has 1 aromatic carbocycles. The van der Waals surface area contributed by atoms with Gasteiger partial charge in [0.05, 0.1) is 10.5 Å². The lowest BCUT2D eigenvalue weighted by molar-refractivity contribution is -0.137. The quantitative estimate of drug-likeness (QED) is 0.853. The SMILES string of the molecule is [CH2]NS(=O)(=O)c1ccc(C(F)(F)F)cc1. The van der Waals surface area contributed by atoms with Crippen molar-refractivity contribution in [2.75, 3.05) is 0 Å². The zero-order valence-electron chi connectivity index (χ0n) is 7.38. The highest BCUT2D eigenvalue weighted by Crippen LogP contribution is 2.29. The van der Waals surface area contributed by atoms with Crippen molar-refractivity contribution in [3.8, 4) is 0 Å². The predicted molar refractivity (Wildman–Crippen MR) is 47.1 cm³/mol. The Morgan fingerprint density at radius 3 is 1.93 bits per heavy atom. The summed E-state index contributed by atoms with van der Waals surface area (Å²) in [7, 11) is -0.844. The van der Waals surface area contributed by atoms with Crippen LogP contribution in [-0.4, -0.2) is 8.42 Å². The van der Waals surface area contributed by atoms with E-state index in [2.05, 4.69) is 7.05 Å². The number of sulfonamides is 1. The monoisotopic (exact) mass is 238 g/mol. The first-order valence-corrected chi connectivity index (χ1v) is 5.22. The van der Waals surface area contributed by atoms with E-state index >= 15 is 0 Å². The van der Waals surface area contributed by atoms with Crippen LogP contribution in [0.5, 0.6) is 0 Å². The van der Waals surface area contributed by atoms with Gasteiger partial charge in [-0.3, -0.25) is 0 Å².